The van der Waals surface area contributed by atoms with E-state index in [4.69, 9.17) is 0 Å². The Hall–Kier alpha value is -2.82. The number of aromatic amines is 1. The number of H-pyrrole nitrogens is 1. The summed E-state index contributed by atoms with van der Waals surface area (Å²) in [5.41, 5.74) is 3.42. The maximum atomic E-state index is 4.58. The van der Waals surface area contributed by atoms with Crippen LogP contribution in [0.25, 0.3) is 11.0 Å². The summed E-state index contributed by atoms with van der Waals surface area (Å²) in [5.74, 6) is 1.81. The van der Waals surface area contributed by atoms with Gasteiger partial charge < -0.3 is 15.6 Å². The average molecular weight is 321 g/mol. The lowest BCUT2D eigenvalue weighted by molar-refractivity contribution is 0.770. The van der Waals surface area contributed by atoms with E-state index in [1.165, 1.54) is 5.56 Å². The quantitative estimate of drug-likeness (QED) is 0.483. The molecule has 0 atom stereocenters. The van der Waals surface area contributed by atoms with E-state index in [1.807, 2.05) is 30.3 Å². The zero-order valence-electron chi connectivity index (χ0n) is 13.9. The van der Waals surface area contributed by atoms with Crippen LogP contribution in [-0.4, -0.2) is 36.1 Å². The summed E-state index contributed by atoms with van der Waals surface area (Å²) in [6.07, 6.45) is 1.80. The molecule has 0 saturated carbocycles. The number of benzene rings is 2. The molecule has 1 heterocycles. The number of nitrogens with zero attached hydrogens (tertiary/aromatic N) is 2. The molecule has 0 spiro atoms. The Labute approximate surface area is 142 Å². The van der Waals surface area contributed by atoms with Crippen molar-refractivity contribution >= 4 is 17.0 Å². The van der Waals surface area contributed by atoms with Crippen molar-refractivity contribution in [3.8, 4) is 0 Å². The fourth-order valence-corrected chi connectivity index (χ4v) is 2.61. The first-order chi connectivity index (χ1) is 11.8. The van der Waals surface area contributed by atoms with Crippen molar-refractivity contribution < 1.29 is 0 Å². The van der Waals surface area contributed by atoms with Gasteiger partial charge in [0, 0.05) is 26.6 Å². The van der Waals surface area contributed by atoms with Gasteiger partial charge in [-0.2, -0.15) is 0 Å². The van der Waals surface area contributed by atoms with Crippen molar-refractivity contribution in [3.63, 3.8) is 0 Å². The number of hydrogen-bond acceptors (Lipinski definition) is 2. The molecule has 0 saturated heterocycles. The molecule has 0 aliphatic rings. The first-order valence-electron chi connectivity index (χ1n) is 8.27. The Bertz CT molecular complexity index is 759. The third-order valence-electron chi connectivity index (χ3n) is 3.87. The summed E-state index contributed by atoms with van der Waals surface area (Å²) in [7, 11) is 1.79. The number of rotatable bonds is 6. The predicted molar refractivity (Wildman–Crippen MR) is 99.3 cm³/mol. The number of imidazole rings is 1. The van der Waals surface area contributed by atoms with E-state index in [9.17, 15) is 0 Å². The van der Waals surface area contributed by atoms with Crippen molar-refractivity contribution in [3.05, 3.63) is 66.0 Å². The second-order valence-electron chi connectivity index (χ2n) is 5.61. The molecular weight excluding hydrogens is 298 g/mol. The summed E-state index contributed by atoms with van der Waals surface area (Å²) in [6.45, 7) is 1.64. The van der Waals surface area contributed by atoms with Gasteiger partial charge >= 0.3 is 0 Å². The van der Waals surface area contributed by atoms with Crippen molar-refractivity contribution in [2.45, 2.75) is 12.8 Å². The number of nitrogens with one attached hydrogen (secondary N) is 3. The van der Waals surface area contributed by atoms with E-state index in [-0.39, 0.29) is 0 Å². The van der Waals surface area contributed by atoms with Gasteiger partial charge in [0.2, 0.25) is 0 Å². The average Bonchev–Trinajstić information content (AvgIpc) is 3.04. The lowest BCUT2D eigenvalue weighted by atomic mass is 10.1. The van der Waals surface area contributed by atoms with Crippen molar-refractivity contribution in [2.24, 2.45) is 4.99 Å². The molecule has 1 aromatic heterocycles. The molecule has 5 nitrogen and oxygen atoms in total. The van der Waals surface area contributed by atoms with E-state index in [0.29, 0.717) is 0 Å². The maximum absolute atomic E-state index is 4.58. The standard InChI is InChI=1S/C19H23N5/c1-20-19(21-13-11-15-7-3-2-4-8-15)22-14-12-18-23-16-9-5-6-10-17(16)24-18/h2-10H,11-14H2,1H3,(H,23,24)(H2,20,21,22). The fraction of sp³-hybridized carbons (Fsp3) is 0.263. The highest BCUT2D eigenvalue weighted by atomic mass is 15.2. The van der Waals surface area contributed by atoms with Crippen LogP contribution in [0.1, 0.15) is 11.4 Å². The lowest BCUT2D eigenvalue weighted by Crippen LogP contribution is -2.39. The number of para-hydroxylation sites is 2. The highest BCUT2D eigenvalue weighted by molar-refractivity contribution is 5.79. The number of hydrogen-bond donors (Lipinski definition) is 3. The molecular formula is C19H23N5. The van der Waals surface area contributed by atoms with E-state index < -0.39 is 0 Å². The zero-order chi connectivity index (χ0) is 16.6. The minimum atomic E-state index is 0.783. The summed E-state index contributed by atoms with van der Waals surface area (Å²) >= 11 is 0. The minimum absolute atomic E-state index is 0.783. The smallest absolute Gasteiger partial charge is 0.191 e. The summed E-state index contributed by atoms with van der Waals surface area (Å²) in [4.78, 5) is 12.2. The van der Waals surface area contributed by atoms with Crippen LogP contribution in [0.15, 0.2) is 59.6 Å². The first-order valence-corrected chi connectivity index (χ1v) is 8.27. The Morgan fingerprint density at radius 2 is 1.67 bits per heavy atom. The van der Waals surface area contributed by atoms with Gasteiger partial charge in [0.1, 0.15) is 5.82 Å². The van der Waals surface area contributed by atoms with Gasteiger partial charge in [-0.15, -0.1) is 0 Å². The fourth-order valence-electron chi connectivity index (χ4n) is 2.61. The first kappa shape index (κ1) is 16.1. The summed E-state index contributed by atoms with van der Waals surface area (Å²) < 4.78 is 0. The molecule has 3 rings (SSSR count). The van der Waals surface area contributed by atoms with E-state index in [2.05, 4.69) is 49.9 Å². The maximum Gasteiger partial charge on any atom is 0.191 e. The van der Waals surface area contributed by atoms with Gasteiger partial charge in [-0.25, -0.2) is 4.98 Å². The zero-order valence-corrected chi connectivity index (χ0v) is 13.9. The topological polar surface area (TPSA) is 65.1 Å². The largest absolute Gasteiger partial charge is 0.356 e. The number of guanidine groups is 1. The monoisotopic (exact) mass is 321 g/mol. The third kappa shape index (κ3) is 4.35. The van der Waals surface area contributed by atoms with Crippen LogP contribution >= 0.6 is 0 Å². The normalized spacial score (nSPS) is 11.6. The molecule has 0 aliphatic heterocycles. The van der Waals surface area contributed by atoms with Gasteiger partial charge in [0.25, 0.3) is 0 Å². The Morgan fingerprint density at radius 3 is 2.42 bits per heavy atom. The Kier molecular flexibility index (Phi) is 5.45. The van der Waals surface area contributed by atoms with Gasteiger partial charge in [0.15, 0.2) is 5.96 Å². The number of aromatic nitrogens is 2. The highest BCUT2D eigenvalue weighted by Gasteiger charge is 2.03. The predicted octanol–water partition coefficient (Wildman–Crippen LogP) is 2.51. The molecule has 0 fully saturated rings. The molecule has 0 amide bonds. The summed E-state index contributed by atoms with van der Waals surface area (Å²) in [5, 5.41) is 6.67. The second-order valence-corrected chi connectivity index (χ2v) is 5.61. The van der Waals surface area contributed by atoms with Gasteiger partial charge in [-0.3, -0.25) is 4.99 Å². The molecule has 124 valence electrons. The molecule has 2 aromatic carbocycles. The van der Waals surface area contributed by atoms with Crippen LogP contribution in [0.5, 0.6) is 0 Å². The van der Waals surface area contributed by atoms with Crippen LogP contribution in [-0.2, 0) is 12.8 Å². The van der Waals surface area contributed by atoms with Crippen molar-refractivity contribution in [1.82, 2.24) is 20.6 Å². The van der Waals surface area contributed by atoms with Crippen LogP contribution in [0.2, 0.25) is 0 Å². The SMILES string of the molecule is CN=C(NCCc1ccccc1)NCCc1nc2ccccc2[nH]1. The second kappa shape index (κ2) is 8.15. The van der Waals surface area contributed by atoms with Crippen LogP contribution in [0, 0.1) is 0 Å². The molecule has 24 heavy (non-hydrogen) atoms. The van der Waals surface area contributed by atoms with Crippen LogP contribution in [0.3, 0.4) is 0 Å². The van der Waals surface area contributed by atoms with E-state index in [1.54, 1.807) is 7.05 Å². The number of aliphatic imine (C=N–C) groups is 1. The van der Waals surface area contributed by atoms with E-state index in [0.717, 1.165) is 48.7 Å². The van der Waals surface area contributed by atoms with E-state index >= 15 is 0 Å². The minimum Gasteiger partial charge on any atom is -0.356 e. The highest BCUT2D eigenvalue weighted by Crippen LogP contribution is 2.10. The molecule has 0 bridgehead atoms. The lowest BCUT2D eigenvalue weighted by Gasteiger charge is -2.11. The van der Waals surface area contributed by atoms with Crippen molar-refractivity contribution in [1.29, 1.82) is 0 Å². The molecule has 5 heteroatoms. The molecule has 3 aromatic rings. The molecule has 0 radical (unpaired) electrons. The van der Waals surface area contributed by atoms with Gasteiger partial charge in [-0.05, 0) is 24.1 Å². The molecule has 0 unspecified atom stereocenters. The number of fused-ring (bicyclic) bond motifs is 1. The van der Waals surface area contributed by atoms with Crippen LogP contribution in [0.4, 0.5) is 0 Å². The summed E-state index contributed by atoms with van der Waals surface area (Å²) in [6, 6.07) is 18.5. The van der Waals surface area contributed by atoms with Crippen molar-refractivity contribution in [2.75, 3.05) is 20.1 Å². The van der Waals surface area contributed by atoms with Gasteiger partial charge in [-0.1, -0.05) is 42.5 Å². The Morgan fingerprint density at radius 1 is 0.958 bits per heavy atom. The van der Waals surface area contributed by atoms with Gasteiger partial charge in [0.05, 0.1) is 11.0 Å². The van der Waals surface area contributed by atoms with Crippen LogP contribution < -0.4 is 10.6 Å². The Balaban J connectivity index is 1.42. The third-order valence-corrected chi connectivity index (χ3v) is 3.87. The molecule has 3 N–H and O–H groups in total. The molecule has 0 aliphatic carbocycles.